The van der Waals surface area contributed by atoms with E-state index in [2.05, 4.69) is 10.3 Å². The number of nitrogens with zero attached hydrogens (tertiary/aromatic N) is 1. The van der Waals surface area contributed by atoms with E-state index >= 15 is 0 Å². The Bertz CT molecular complexity index is 554. The molecule has 0 saturated heterocycles. The predicted octanol–water partition coefficient (Wildman–Crippen LogP) is 3.73. The van der Waals surface area contributed by atoms with Gasteiger partial charge in [-0.1, -0.05) is 6.92 Å². The standard InChI is InChI=1S/C12H11F3N2S/c1-2-10-17-6-7(18-10)5-16-9-4-3-8(13)11(14)12(9)15/h3-4,6,16H,2,5H2,1H3. The molecule has 0 unspecified atom stereocenters. The Morgan fingerprint density at radius 2 is 2.00 bits per heavy atom. The van der Waals surface area contributed by atoms with Gasteiger partial charge in [0.05, 0.1) is 17.2 Å². The van der Waals surface area contributed by atoms with E-state index < -0.39 is 17.5 Å². The van der Waals surface area contributed by atoms with Crippen LogP contribution in [-0.4, -0.2) is 4.98 Å². The minimum Gasteiger partial charge on any atom is -0.378 e. The number of thiazole rings is 1. The fourth-order valence-electron chi connectivity index (χ4n) is 1.44. The Morgan fingerprint density at radius 3 is 2.67 bits per heavy atom. The van der Waals surface area contributed by atoms with Gasteiger partial charge >= 0.3 is 0 Å². The lowest BCUT2D eigenvalue weighted by Crippen LogP contribution is -2.02. The molecule has 0 fully saturated rings. The maximum Gasteiger partial charge on any atom is 0.196 e. The summed E-state index contributed by atoms with van der Waals surface area (Å²) in [6.45, 7) is 2.32. The van der Waals surface area contributed by atoms with Crippen LogP contribution in [0.4, 0.5) is 18.9 Å². The highest BCUT2D eigenvalue weighted by Gasteiger charge is 2.13. The number of hydrogen-bond acceptors (Lipinski definition) is 3. The van der Waals surface area contributed by atoms with Gasteiger partial charge in [-0.3, -0.25) is 0 Å². The van der Waals surface area contributed by atoms with Gasteiger partial charge in [-0.05, 0) is 18.6 Å². The van der Waals surface area contributed by atoms with Crippen molar-refractivity contribution >= 4 is 17.0 Å². The van der Waals surface area contributed by atoms with Crippen LogP contribution in [0.5, 0.6) is 0 Å². The van der Waals surface area contributed by atoms with E-state index in [-0.39, 0.29) is 5.69 Å². The van der Waals surface area contributed by atoms with Crippen molar-refractivity contribution in [3.63, 3.8) is 0 Å². The average Bonchev–Trinajstić information content (AvgIpc) is 2.83. The number of hydrogen-bond donors (Lipinski definition) is 1. The molecule has 0 spiro atoms. The summed E-state index contributed by atoms with van der Waals surface area (Å²) in [6, 6.07) is 2.07. The number of nitrogens with one attached hydrogen (secondary N) is 1. The minimum atomic E-state index is -1.46. The van der Waals surface area contributed by atoms with Crippen LogP contribution in [0.25, 0.3) is 0 Å². The molecule has 1 aromatic carbocycles. The van der Waals surface area contributed by atoms with Gasteiger partial charge in [0.15, 0.2) is 17.5 Å². The largest absolute Gasteiger partial charge is 0.378 e. The maximum atomic E-state index is 13.3. The zero-order valence-electron chi connectivity index (χ0n) is 9.64. The summed E-state index contributed by atoms with van der Waals surface area (Å²) >= 11 is 1.50. The second-order valence-corrected chi connectivity index (χ2v) is 4.85. The third-order valence-corrected chi connectivity index (χ3v) is 3.53. The first-order valence-corrected chi connectivity index (χ1v) is 6.24. The van der Waals surface area contributed by atoms with Crippen LogP contribution in [0, 0.1) is 17.5 Å². The predicted molar refractivity (Wildman–Crippen MR) is 65.1 cm³/mol. The Morgan fingerprint density at radius 1 is 1.22 bits per heavy atom. The molecule has 1 heterocycles. The van der Waals surface area contributed by atoms with Gasteiger partial charge in [-0.2, -0.15) is 0 Å². The van der Waals surface area contributed by atoms with E-state index in [1.54, 1.807) is 6.20 Å². The molecule has 0 saturated carbocycles. The zero-order valence-corrected chi connectivity index (χ0v) is 10.5. The summed E-state index contributed by atoms with van der Waals surface area (Å²) in [4.78, 5) is 5.06. The Kier molecular flexibility index (Phi) is 3.86. The molecule has 0 aliphatic heterocycles. The van der Waals surface area contributed by atoms with Crippen LogP contribution < -0.4 is 5.32 Å². The lowest BCUT2D eigenvalue weighted by atomic mass is 10.3. The summed E-state index contributed by atoms with van der Waals surface area (Å²) in [7, 11) is 0. The summed E-state index contributed by atoms with van der Waals surface area (Å²) in [5.74, 6) is -3.85. The van der Waals surface area contributed by atoms with Gasteiger partial charge in [-0.15, -0.1) is 11.3 Å². The van der Waals surface area contributed by atoms with Crippen molar-refractivity contribution in [2.24, 2.45) is 0 Å². The highest BCUT2D eigenvalue weighted by Crippen LogP contribution is 2.21. The van der Waals surface area contributed by atoms with Crippen LogP contribution in [-0.2, 0) is 13.0 Å². The van der Waals surface area contributed by atoms with E-state index in [0.29, 0.717) is 6.54 Å². The van der Waals surface area contributed by atoms with Crippen molar-refractivity contribution in [3.05, 3.63) is 45.7 Å². The molecule has 0 radical (unpaired) electrons. The molecule has 0 bridgehead atoms. The molecule has 96 valence electrons. The first-order chi connectivity index (χ1) is 8.61. The second kappa shape index (κ2) is 5.39. The van der Waals surface area contributed by atoms with Crippen LogP contribution in [0.15, 0.2) is 18.3 Å². The molecule has 0 amide bonds. The molecule has 6 heteroatoms. The number of rotatable bonds is 4. The second-order valence-electron chi connectivity index (χ2n) is 3.65. The number of anilines is 1. The van der Waals surface area contributed by atoms with Gasteiger partial charge in [0.2, 0.25) is 0 Å². The van der Waals surface area contributed by atoms with Crippen molar-refractivity contribution in [1.29, 1.82) is 0 Å². The number of benzene rings is 1. The smallest absolute Gasteiger partial charge is 0.196 e. The third kappa shape index (κ3) is 2.64. The van der Waals surface area contributed by atoms with Crippen molar-refractivity contribution in [2.45, 2.75) is 19.9 Å². The molecule has 0 aliphatic carbocycles. The molecule has 0 aliphatic rings. The molecule has 2 nitrogen and oxygen atoms in total. The fourth-order valence-corrected chi connectivity index (χ4v) is 2.24. The highest BCUT2D eigenvalue weighted by atomic mass is 32.1. The fraction of sp³-hybridized carbons (Fsp3) is 0.250. The average molecular weight is 272 g/mol. The summed E-state index contributed by atoms with van der Waals surface area (Å²) in [5.41, 5.74) is -0.0552. The van der Waals surface area contributed by atoms with Gasteiger partial charge < -0.3 is 5.32 Å². The number of aryl methyl sites for hydroxylation is 1. The Balaban J connectivity index is 2.08. The molecular formula is C12H11F3N2S. The first kappa shape index (κ1) is 12.9. The van der Waals surface area contributed by atoms with E-state index in [9.17, 15) is 13.2 Å². The van der Waals surface area contributed by atoms with E-state index in [1.807, 2.05) is 6.92 Å². The van der Waals surface area contributed by atoms with Crippen LogP contribution in [0.3, 0.4) is 0 Å². The molecule has 18 heavy (non-hydrogen) atoms. The summed E-state index contributed by atoms with van der Waals surface area (Å²) in [6.07, 6.45) is 2.53. The minimum absolute atomic E-state index is 0.0552. The van der Waals surface area contributed by atoms with Gasteiger partial charge in [-0.25, -0.2) is 18.2 Å². The normalized spacial score (nSPS) is 10.7. The van der Waals surface area contributed by atoms with Gasteiger partial charge in [0.1, 0.15) is 0 Å². The summed E-state index contributed by atoms with van der Waals surface area (Å²) < 4.78 is 39.0. The Hall–Kier alpha value is -1.56. The molecule has 2 aromatic rings. The van der Waals surface area contributed by atoms with E-state index in [4.69, 9.17) is 0 Å². The summed E-state index contributed by atoms with van der Waals surface area (Å²) in [5, 5.41) is 3.71. The topological polar surface area (TPSA) is 24.9 Å². The van der Waals surface area contributed by atoms with Crippen molar-refractivity contribution in [1.82, 2.24) is 4.98 Å². The molecule has 2 rings (SSSR count). The SMILES string of the molecule is CCc1ncc(CNc2ccc(F)c(F)c2F)s1. The van der Waals surface area contributed by atoms with Gasteiger partial charge in [0.25, 0.3) is 0 Å². The van der Waals surface area contributed by atoms with Gasteiger partial charge in [0, 0.05) is 11.1 Å². The highest BCUT2D eigenvalue weighted by molar-refractivity contribution is 7.11. The van der Waals surface area contributed by atoms with E-state index in [0.717, 1.165) is 22.4 Å². The first-order valence-electron chi connectivity index (χ1n) is 5.42. The number of aromatic nitrogens is 1. The van der Waals surface area contributed by atoms with Crippen LogP contribution in [0.1, 0.15) is 16.8 Å². The zero-order chi connectivity index (χ0) is 13.1. The van der Waals surface area contributed by atoms with Crippen LogP contribution in [0.2, 0.25) is 0 Å². The van der Waals surface area contributed by atoms with Crippen molar-refractivity contribution in [2.75, 3.05) is 5.32 Å². The molecule has 0 atom stereocenters. The lowest BCUT2D eigenvalue weighted by molar-refractivity contribution is 0.449. The monoisotopic (exact) mass is 272 g/mol. The number of halogens is 3. The quantitative estimate of drug-likeness (QED) is 0.858. The maximum absolute atomic E-state index is 13.3. The van der Waals surface area contributed by atoms with Crippen molar-refractivity contribution in [3.8, 4) is 0 Å². The van der Waals surface area contributed by atoms with Crippen LogP contribution >= 0.6 is 11.3 Å². The molecule has 1 N–H and O–H groups in total. The lowest BCUT2D eigenvalue weighted by Gasteiger charge is -2.06. The van der Waals surface area contributed by atoms with Crippen molar-refractivity contribution < 1.29 is 13.2 Å². The van der Waals surface area contributed by atoms with E-state index in [1.165, 1.54) is 17.4 Å². The third-order valence-electron chi connectivity index (χ3n) is 2.39. The molecule has 1 aromatic heterocycles. The Labute approximate surface area is 106 Å². The molecular weight excluding hydrogens is 261 g/mol.